The number of hydrogen-bond donors (Lipinski definition) is 0. The highest BCUT2D eigenvalue weighted by atomic mass is 19.1. The van der Waals surface area contributed by atoms with Crippen LogP contribution in [0.3, 0.4) is 0 Å². The standard InChI is InChI=1S/C17H18F2N2O/c1-21(11-8-13-6-9-20-10-7-13)17(22)5-2-14-12-15(18)3-4-16(14)19/h3-4,6-7,9-10,12H,2,5,8,11H2,1H3. The lowest BCUT2D eigenvalue weighted by molar-refractivity contribution is -0.129. The summed E-state index contributed by atoms with van der Waals surface area (Å²) >= 11 is 0. The Morgan fingerprint density at radius 2 is 1.86 bits per heavy atom. The highest BCUT2D eigenvalue weighted by Gasteiger charge is 2.11. The molecular weight excluding hydrogens is 286 g/mol. The van der Waals surface area contributed by atoms with Crippen LogP contribution < -0.4 is 0 Å². The molecular formula is C17H18F2N2O. The van der Waals surface area contributed by atoms with Gasteiger partial charge < -0.3 is 4.90 Å². The molecule has 2 aromatic rings. The second-order valence-electron chi connectivity index (χ2n) is 5.16. The topological polar surface area (TPSA) is 33.2 Å². The number of benzene rings is 1. The number of halogens is 2. The van der Waals surface area contributed by atoms with Crippen LogP contribution in [-0.2, 0) is 17.6 Å². The quantitative estimate of drug-likeness (QED) is 0.822. The van der Waals surface area contributed by atoms with Crippen LogP contribution >= 0.6 is 0 Å². The molecule has 116 valence electrons. The van der Waals surface area contributed by atoms with Crippen LogP contribution in [0.1, 0.15) is 17.5 Å². The van der Waals surface area contributed by atoms with E-state index in [9.17, 15) is 13.6 Å². The summed E-state index contributed by atoms with van der Waals surface area (Å²) in [6.07, 6.45) is 4.52. The molecule has 22 heavy (non-hydrogen) atoms. The van der Waals surface area contributed by atoms with E-state index in [4.69, 9.17) is 0 Å². The van der Waals surface area contributed by atoms with E-state index in [-0.39, 0.29) is 24.3 Å². The van der Waals surface area contributed by atoms with Crippen molar-refractivity contribution in [2.75, 3.05) is 13.6 Å². The molecule has 1 aromatic carbocycles. The molecule has 0 aliphatic rings. The van der Waals surface area contributed by atoms with Gasteiger partial charge in [0.15, 0.2) is 0 Å². The Bertz CT molecular complexity index is 632. The zero-order valence-electron chi connectivity index (χ0n) is 12.4. The zero-order valence-corrected chi connectivity index (χ0v) is 12.4. The van der Waals surface area contributed by atoms with Crippen molar-refractivity contribution >= 4 is 5.91 Å². The first-order valence-corrected chi connectivity index (χ1v) is 7.13. The van der Waals surface area contributed by atoms with E-state index < -0.39 is 11.6 Å². The Kier molecular flexibility index (Phi) is 5.58. The molecule has 0 radical (unpaired) electrons. The second-order valence-corrected chi connectivity index (χ2v) is 5.16. The highest BCUT2D eigenvalue weighted by Crippen LogP contribution is 2.12. The summed E-state index contributed by atoms with van der Waals surface area (Å²) in [6, 6.07) is 7.10. The summed E-state index contributed by atoms with van der Waals surface area (Å²) in [5.74, 6) is -1.05. The largest absolute Gasteiger partial charge is 0.345 e. The number of amides is 1. The van der Waals surface area contributed by atoms with Crippen molar-refractivity contribution in [2.24, 2.45) is 0 Å². The van der Waals surface area contributed by atoms with Gasteiger partial charge in [0.2, 0.25) is 5.91 Å². The fourth-order valence-corrected chi connectivity index (χ4v) is 2.14. The summed E-state index contributed by atoms with van der Waals surface area (Å²) in [4.78, 5) is 17.6. The maximum absolute atomic E-state index is 13.5. The summed E-state index contributed by atoms with van der Waals surface area (Å²) < 4.78 is 26.6. The number of nitrogens with zero attached hydrogens (tertiary/aromatic N) is 2. The molecule has 1 amide bonds. The molecule has 0 atom stereocenters. The normalized spacial score (nSPS) is 10.5. The Morgan fingerprint density at radius 1 is 1.14 bits per heavy atom. The lowest BCUT2D eigenvalue weighted by atomic mass is 10.1. The molecule has 3 nitrogen and oxygen atoms in total. The van der Waals surface area contributed by atoms with Crippen LogP contribution in [0.4, 0.5) is 8.78 Å². The third kappa shape index (κ3) is 4.62. The number of carbonyl (C=O) groups is 1. The molecule has 0 bridgehead atoms. The van der Waals surface area contributed by atoms with Gasteiger partial charge in [0, 0.05) is 32.4 Å². The molecule has 2 rings (SSSR count). The van der Waals surface area contributed by atoms with Gasteiger partial charge in [-0.3, -0.25) is 9.78 Å². The van der Waals surface area contributed by atoms with Gasteiger partial charge in [0.25, 0.3) is 0 Å². The Morgan fingerprint density at radius 3 is 2.59 bits per heavy atom. The SMILES string of the molecule is CN(CCc1ccncc1)C(=O)CCc1cc(F)ccc1F. The van der Waals surface area contributed by atoms with Crippen molar-refractivity contribution in [3.63, 3.8) is 0 Å². The predicted octanol–water partition coefficient (Wildman–Crippen LogP) is 2.99. The molecule has 5 heteroatoms. The van der Waals surface area contributed by atoms with E-state index in [1.54, 1.807) is 24.3 Å². The minimum atomic E-state index is -0.491. The molecule has 0 saturated carbocycles. The van der Waals surface area contributed by atoms with Gasteiger partial charge >= 0.3 is 0 Å². The summed E-state index contributed by atoms with van der Waals surface area (Å²) in [7, 11) is 1.71. The van der Waals surface area contributed by atoms with Crippen LogP contribution in [0, 0.1) is 11.6 Å². The van der Waals surface area contributed by atoms with Crippen LogP contribution in [0.5, 0.6) is 0 Å². The maximum Gasteiger partial charge on any atom is 0.222 e. The molecule has 0 aliphatic heterocycles. The molecule has 0 aliphatic carbocycles. The number of carbonyl (C=O) groups excluding carboxylic acids is 1. The van der Waals surface area contributed by atoms with Gasteiger partial charge in [-0.05, 0) is 54.3 Å². The van der Waals surface area contributed by atoms with E-state index in [1.165, 1.54) is 0 Å². The van der Waals surface area contributed by atoms with E-state index in [1.807, 2.05) is 12.1 Å². The molecule has 0 unspecified atom stereocenters. The summed E-state index contributed by atoms with van der Waals surface area (Å²) in [5.41, 5.74) is 1.33. The number of hydrogen-bond acceptors (Lipinski definition) is 2. The van der Waals surface area contributed by atoms with Crippen molar-refractivity contribution < 1.29 is 13.6 Å². The first kappa shape index (κ1) is 16.1. The number of rotatable bonds is 6. The number of aryl methyl sites for hydroxylation is 1. The van der Waals surface area contributed by atoms with Crippen molar-refractivity contribution in [1.29, 1.82) is 0 Å². The Labute approximate surface area is 128 Å². The van der Waals surface area contributed by atoms with E-state index in [0.717, 1.165) is 30.2 Å². The fourth-order valence-electron chi connectivity index (χ4n) is 2.14. The molecule has 0 fully saturated rings. The lowest BCUT2D eigenvalue weighted by Crippen LogP contribution is -2.29. The smallest absolute Gasteiger partial charge is 0.222 e. The monoisotopic (exact) mass is 304 g/mol. The Balaban J connectivity index is 1.82. The van der Waals surface area contributed by atoms with Crippen molar-refractivity contribution in [3.8, 4) is 0 Å². The van der Waals surface area contributed by atoms with E-state index in [0.29, 0.717) is 6.54 Å². The molecule has 1 aromatic heterocycles. The highest BCUT2D eigenvalue weighted by molar-refractivity contribution is 5.76. The Hall–Kier alpha value is -2.30. The average molecular weight is 304 g/mol. The lowest BCUT2D eigenvalue weighted by Gasteiger charge is -2.17. The molecule has 0 spiro atoms. The van der Waals surface area contributed by atoms with Crippen molar-refractivity contribution in [1.82, 2.24) is 9.88 Å². The second kappa shape index (κ2) is 7.64. The number of aromatic nitrogens is 1. The predicted molar refractivity (Wildman–Crippen MR) is 80.3 cm³/mol. The van der Waals surface area contributed by atoms with Crippen LogP contribution in [0.2, 0.25) is 0 Å². The van der Waals surface area contributed by atoms with E-state index in [2.05, 4.69) is 4.98 Å². The van der Waals surface area contributed by atoms with Crippen LogP contribution in [-0.4, -0.2) is 29.4 Å². The summed E-state index contributed by atoms with van der Waals surface area (Å²) in [5, 5.41) is 0. The average Bonchev–Trinajstić information content (AvgIpc) is 2.54. The van der Waals surface area contributed by atoms with Gasteiger partial charge in [0.05, 0.1) is 0 Å². The van der Waals surface area contributed by atoms with Crippen molar-refractivity contribution in [2.45, 2.75) is 19.3 Å². The van der Waals surface area contributed by atoms with Gasteiger partial charge in [-0.2, -0.15) is 0 Å². The maximum atomic E-state index is 13.5. The van der Waals surface area contributed by atoms with Gasteiger partial charge in [-0.1, -0.05) is 0 Å². The minimum Gasteiger partial charge on any atom is -0.345 e. The van der Waals surface area contributed by atoms with Gasteiger partial charge in [0.1, 0.15) is 11.6 Å². The molecule has 0 saturated heterocycles. The first-order valence-electron chi connectivity index (χ1n) is 7.13. The van der Waals surface area contributed by atoms with Gasteiger partial charge in [-0.25, -0.2) is 8.78 Å². The van der Waals surface area contributed by atoms with Crippen LogP contribution in [0.15, 0.2) is 42.7 Å². The first-order chi connectivity index (χ1) is 10.6. The fraction of sp³-hybridized carbons (Fsp3) is 0.294. The van der Waals surface area contributed by atoms with Crippen LogP contribution in [0.25, 0.3) is 0 Å². The minimum absolute atomic E-state index is 0.0854. The molecule has 0 N–H and O–H groups in total. The number of pyridine rings is 1. The van der Waals surface area contributed by atoms with Crippen molar-refractivity contribution in [3.05, 3.63) is 65.5 Å². The third-order valence-corrected chi connectivity index (χ3v) is 3.53. The van der Waals surface area contributed by atoms with Gasteiger partial charge in [-0.15, -0.1) is 0 Å². The number of likely N-dealkylation sites (N-methyl/N-ethyl adjacent to an activating group) is 1. The third-order valence-electron chi connectivity index (χ3n) is 3.53. The summed E-state index contributed by atoms with van der Waals surface area (Å²) in [6.45, 7) is 0.578. The van der Waals surface area contributed by atoms with E-state index >= 15 is 0 Å². The molecule has 1 heterocycles. The zero-order chi connectivity index (χ0) is 15.9.